The minimum atomic E-state index is -0.688. The number of nitrogens with zero attached hydrogens (tertiary/aromatic N) is 1. The number of benzene rings is 1. The number of methoxy groups -OCH3 is 1. The van der Waals surface area contributed by atoms with Crippen LogP contribution in [0.25, 0.3) is 0 Å². The van der Waals surface area contributed by atoms with Crippen molar-refractivity contribution < 1.29 is 9.53 Å². The Kier molecular flexibility index (Phi) is 4.30. The van der Waals surface area contributed by atoms with E-state index in [9.17, 15) is 4.79 Å². The molecule has 1 aromatic rings. The molecule has 0 aromatic heterocycles. The molecule has 0 aliphatic rings. The SMILES string of the molecule is COc1ccc(/C(C)=N\NC(N)=O)cc1Br. The Bertz CT molecular complexity index is 432. The molecule has 0 aliphatic carbocycles. The standard InChI is InChI=1S/C10H12BrN3O2/c1-6(13-14-10(12)15)7-3-4-9(16-2)8(11)5-7/h3-5H,1-2H3,(H3,12,14,15)/b13-6-. The highest BCUT2D eigenvalue weighted by molar-refractivity contribution is 9.10. The molecular formula is C10H12BrN3O2. The van der Waals surface area contributed by atoms with Crippen molar-refractivity contribution in [2.24, 2.45) is 10.8 Å². The van der Waals surface area contributed by atoms with Crippen LogP contribution in [0.5, 0.6) is 5.75 Å². The van der Waals surface area contributed by atoms with E-state index in [1.54, 1.807) is 14.0 Å². The molecule has 0 aliphatic heterocycles. The molecule has 0 saturated carbocycles. The fourth-order valence-corrected chi connectivity index (χ4v) is 1.64. The van der Waals surface area contributed by atoms with Crippen LogP contribution in [0.2, 0.25) is 0 Å². The van der Waals surface area contributed by atoms with Gasteiger partial charge in [-0.1, -0.05) is 0 Å². The molecule has 1 aromatic carbocycles. The molecule has 6 heteroatoms. The molecule has 2 amide bonds. The van der Waals surface area contributed by atoms with Gasteiger partial charge in [-0.25, -0.2) is 10.2 Å². The molecular weight excluding hydrogens is 274 g/mol. The Morgan fingerprint density at radius 2 is 2.25 bits per heavy atom. The van der Waals surface area contributed by atoms with E-state index in [1.165, 1.54) is 0 Å². The second-order valence-corrected chi connectivity index (χ2v) is 3.88. The number of primary amides is 1. The van der Waals surface area contributed by atoms with E-state index < -0.39 is 6.03 Å². The predicted octanol–water partition coefficient (Wildman–Crippen LogP) is 1.85. The van der Waals surface area contributed by atoms with E-state index in [0.717, 1.165) is 15.8 Å². The number of carbonyl (C=O) groups is 1. The summed E-state index contributed by atoms with van der Waals surface area (Å²) < 4.78 is 5.92. The summed E-state index contributed by atoms with van der Waals surface area (Å²) in [6, 6.07) is 4.81. The van der Waals surface area contributed by atoms with Crippen LogP contribution in [0.4, 0.5) is 4.79 Å². The number of hydrogen-bond donors (Lipinski definition) is 2. The third-order valence-corrected chi connectivity index (χ3v) is 2.52. The number of halogens is 1. The summed E-state index contributed by atoms with van der Waals surface area (Å²) in [5, 5.41) is 3.82. The van der Waals surface area contributed by atoms with E-state index >= 15 is 0 Å². The van der Waals surface area contributed by atoms with Gasteiger partial charge in [-0.05, 0) is 46.6 Å². The average Bonchev–Trinajstić information content (AvgIpc) is 2.25. The van der Waals surface area contributed by atoms with Crippen LogP contribution >= 0.6 is 15.9 Å². The van der Waals surface area contributed by atoms with Crippen LogP contribution in [0.15, 0.2) is 27.8 Å². The fraction of sp³-hybridized carbons (Fsp3) is 0.200. The van der Waals surface area contributed by atoms with E-state index in [0.29, 0.717) is 5.71 Å². The molecule has 0 radical (unpaired) electrons. The first-order chi connectivity index (χ1) is 7.54. The number of ether oxygens (including phenoxy) is 1. The van der Waals surface area contributed by atoms with Gasteiger partial charge in [0.05, 0.1) is 17.3 Å². The number of rotatable bonds is 3. The van der Waals surface area contributed by atoms with Crippen molar-refractivity contribution in [1.82, 2.24) is 5.43 Å². The van der Waals surface area contributed by atoms with Crippen molar-refractivity contribution in [1.29, 1.82) is 0 Å². The van der Waals surface area contributed by atoms with Gasteiger partial charge in [-0.2, -0.15) is 5.10 Å². The van der Waals surface area contributed by atoms with Crippen LogP contribution in [0.1, 0.15) is 12.5 Å². The Morgan fingerprint density at radius 1 is 1.56 bits per heavy atom. The monoisotopic (exact) mass is 285 g/mol. The largest absolute Gasteiger partial charge is 0.496 e. The van der Waals surface area contributed by atoms with Crippen molar-refractivity contribution in [3.63, 3.8) is 0 Å². The number of urea groups is 1. The Hall–Kier alpha value is -1.56. The van der Waals surface area contributed by atoms with Crippen molar-refractivity contribution in [2.45, 2.75) is 6.92 Å². The lowest BCUT2D eigenvalue weighted by molar-refractivity contribution is 0.249. The van der Waals surface area contributed by atoms with Crippen LogP contribution in [0.3, 0.4) is 0 Å². The molecule has 0 unspecified atom stereocenters. The second kappa shape index (κ2) is 5.50. The molecule has 0 bridgehead atoms. The van der Waals surface area contributed by atoms with Crippen molar-refractivity contribution in [3.8, 4) is 5.75 Å². The van der Waals surface area contributed by atoms with Crippen molar-refractivity contribution in [2.75, 3.05) is 7.11 Å². The zero-order chi connectivity index (χ0) is 12.1. The fourth-order valence-electron chi connectivity index (χ4n) is 1.09. The van der Waals surface area contributed by atoms with Crippen LogP contribution in [-0.2, 0) is 0 Å². The summed E-state index contributed by atoms with van der Waals surface area (Å²) >= 11 is 3.36. The number of carbonyl (C=O) groups excluding carboxylic acids is 1. The zero-order valence-corrected chi connectivity index (χ0v) is 10.5. The zero-order valence-electron chi connectivity index (χ0n) is 8.95. The lowest BCUT2D eigenvalue weighted by Gasteiger charge is -2.06. The number of hydrogen-bond acceptors (Lipinski definition) is 3. The van der Waals surface area contributed by atoms with E-state index in [1.807, 2.05) is 18.2 Å². The van der Waals surface area contributed by atoms with Crippen LogP contribution in [-0.4, -0.2) is 18.9 Å². The summed E-state index contributed by atoms with van der Waals surface area (Å²) in [6.07, 6.45) is 0. The van der Waals surface area contributed by atoms with Gasteiger partial charge >= 0.3 is 6.03 Å². The molecule has 0 spiro atoms. The highest BCUT2D eigenvalue weighted by Gasteiger charge is 2.03. The van der Waals surface area contributed by atoms with Gasteiger partial charge in [0.25, 0.3) is 0 Å². The lowest BCUT2D eigenvalue weighted by atomic mass is 10.1. The molecule has 0 heterocycles. The molecule has 0 saturated heterocycles. The van der Waals surface area contributed by atoms with Crippen LogP contribution in [0, 0.1) is 0 Å². The Labute approximate surface area is 102 Å². The van der Waals surface area contributed by atoms with Crippen molar-refractivity contribution in [3.05, 3.63) is 28.2 Å². The van der Waals surface area contributed by atoms with Gasteiger partial charge in [0.15, 0.2) is 0 Å². The maximum Gasteiger partial charge on any atom is 0.332 e. The van der Waals surface area contributed by atoms with Gasteiger partial charge in [0.1, 0.15) is 5.75 Å². The normalized spacial score (nSPS) is 11.1. The van der Waals surface area contributed by atoms with Gasteiger partial charge in [0, 0.05) is 0 Å². The van der Waals surface area contributed by atoms with E-state index in [4.69, 9.17) is 10.5 Å². The quantitative estimate of drug-likeness (QED) is 0.657. The average molecular weight is 286 g/mol. The summed E-state index contributed by atoms with van der Waals surface area (Å²) in [5.74, 6) is 0.736. The molecule has 5 nitrogen and oxygen atoms in total. The Morgan fingerprint density at radius 3 is 2.75 bits per heavy atom. The Balaban J connectivity index is 2.92. The summed E-state index contributed by atoms with van der Waals surface area (Å²) in [5.41, 5.74) is 8.60. The summed E-state index contributed by atoms with van der Waals surface area (Å²) in [4.78, 5) is 10.5. The first kappa shape index (κ1) is 12.5. The van der Waals surface area contributed by atoms with Gasteiger partial charge in [0.2, 0.25) is 0 Å². The number of hydrazone groups is 1. The molecule has 0 atom stereocenters. The van der Waals surface area contributed by atoms with Crippen LogP contribution < -0.4 is 15.9 Å². The minimum absolute atomic E-state index is 0.655. The third kappa shape index (κ3) is 3.23. The summed E-state index contributed by atoms with van der Waals surface area (Å²) in [6.45, 7) is 1.77. The first-order valence-corrected chi connectivity index (χ1v) is 5.27. The maximum absolute atomic E-state index is 10.5. The topological polar surface area (TPSA) is 76.7 Å². The van der Waals surface area contributed by atoms with Gasteiger partial charge < -0.3 is 10.5 Å². The first-order valence-electron chi connectivity index (χ1n) is 4.48. The molecule has 3 N–H and O–H groups in total. The second-order valence-electron chi connectivity index (χ2n) is 3.02. The maximum atomic E-state index is 10.5. The smallest absolute Gasteiger partial charge is 0.332 e. The number of amides is 2. The minimum Gasteiger partial charge on any atom is -0.496 e. The highest BCUT2D eigenvalue weighted by atomic mass is 79.9. The number of nitrogens with two attached hydrogens (primary N) is 1. The lowest BCUT2D eigenvalue weighted by Crippen LogP contribution is -2.25. The van der Waals surface area contributed by atoms with Crippen molar-refractivity contribution >= 4 is 27.7 Å². The van der Waals surface area contributed by atoms with Gasteiger partial charge in [-0.3, -0.25) is 0 Å². The summed E-state index contributed by atoms with van der Waals surface area (Å²) in [7, 11) is 1.59. The van der Waals surface area contributed by atoms with E-state index in [-0.39, 0.29) is 0 Å². The highest BCUT2D eigenvalue weighted by Crippen LogP contribution is 2.25. The van der Waals surface area contributed by atoms with Gasteiger partial charge in [-0.15, -0.1) is 0 Å². The molecule has 1 rings (SSSR count). The molecule has 86 valence electrons. The third-order valence-electron chi connectivity index (χ3n) is 1.90. The molecule has 16 heavy (non-hydrogen) atoms. The predicted molar refractivity (Wildman–Crippen MR) is 65.6 cm³/mol. The molecule has 0 fully saturated rings. The number of nitrogens with one attached hydrogen (secondary N) is 1. The van der Waals surface area contributed by atoms with E-state index in [2.05, 4.69) is 26.5 Å².